The van der Waals surface area contributed by atoms with Crippen LogP contribution in [0.5, 0.6) is 5.75 Å². The van der Waals surface area contributed by atoms with Crippen LogP contribution in [-0.2, 0) is 16.1 Å². The van der Waals surface area contributed by atoms with Crippen LogP contribution in [0.3, 0.4) is 0 Å². The molecule has 1 amide bonds. The molecule has 33 heavy (non-hydrogen) atoms. The second-order valence-corrected chi connectivity index (χ2v) is 8.24. The first-order valence-corrected chi connectivity index (χ1v) is 11.8. The first-order valence-electron chi connectivity index (χ1n) is 10.8. The van der Waals surface area contributed by atoms with E-state index in [2.05, 4.69) is 15.5 Å². The molecular formula is C24H28N4O4S. The van der Waals surface area contributed by atoms with Crippen molar-refractivity contribution >= 4 is 29.3 Å². The summed E-state index contributed by atoms with van der Waals surface area (Å²) in [5, 5.41) is 12.0. The maximum absolute atomic E-state index is 12.4. The third-order valence-corrected chi connectivity index (χ3v) is 5.71. The van der Waals surface area contributed by atoms with Crippen LogP contribution in [0, 0.1) is 6.92 Å². The zero-order valence-electron chi connectivity index (χ0n) is 19.2. The summed E-state index contributed by atoms with van der Waals surface area (Å²) in [6.45, 7) is 8.67. The van der Waals surface area contributed by atoms with Gasteiger partial charge in [-0.05, 0) is 69.7 Å². The first-order chi connectivity index (χ1) is 15.9. The van der Waals surface area contributed by atoms with Crippen LogP contribution in [0.25, 0.3) is 0 Å². The highest BCUT2D eigenvalue weighted by atomic mass is 32.2. The SMILES string of the molecule is CCOC(=O)c1ccc(NC(=O)CSc2nnc(C(C)Oc3cccc(C)c3)n2CC)cc1. The van der Waals surface area contributed by atoms with Crippen molar-refractivity contribution in [2.24, 2.45) is 0 Å². The van der Waals surface area contributed by atoms with Crippen LogP contribution in [0.4, 0.5) is 5.69 Å². The lowest BCUT2D eigenvalue weighted by molar-refractivity contribution is -0.113. The van der Waals surface area contributed by atoms with E-state index in [0.717, 1.165) is 11.3 Å². The number of nitrogens with zero attached hydrogens (tertiary/aromatic N) is 3. The first kappa shape index (κ1) is 24.3. The van der Waals surface area contributed by atoms with E-state index in [-0.39, 0.29) is 23.7 Å². The van der Waals surface area contributed by atoms with Gasteiger partial charge in [-0.1, -0.05) is 23.9 Å². The number of aromatic nitrogens is 3. The number of hydrogen-bond acceptors (Lipinski definition) is 7. The van der Waals surface area contributed by atoms with Crippen molar-refractivity contribution < 1.29 is 19.1 Å². The molecule has 0 bridgehead atoms. The molecule has 1 N–H and O–H groups in total. The summed E-state index contributed by atoms with van der Waals surface area (Å²) in [5.41, 5.74) is 2.16. The number of benzene rings is 2. The summed E-state index contributed by atoms with van der Waals surface area (Å²) in [6, 6.07) is 14.4. The van der Waals surface area contributed by atoms with Crippen molar-refractivity contribution in [3.8, 4) is 5.75 Å². The van der Waals surface area contributed by atoms with Crippen molar-refractivity contribution in [1.29, 1.82) is 0 Å². The Morgan fingerprint density at radius 2 is 1.88 bits per heavy atom. The lowest BCUT2D eigenvalue weighted by atomic mass is 10.2. The molecule has 2 aromatic carbocycles. The summed E-state index contributed by atoms with van der Waals surface area (Å²) in [5.74, 6) is 1.08. The maximum Gasteiger partial charge on any atom is 0.338 e. The minimum Gasteiger partial charge on any atom is -0.483 e. The number of aryl methyl sites for hydroxylation is 1. The molecule has 0 saturated carbocycles. The molecular weight excluding hydrogens is 440 g/mol. The van der Waals surface area contributed by atoms with Gasteiger partial charge < -0.3 is 19.4 Å². The average Bonchev–Trinajstić information content (AvgIpc) is 3.21. The van der Waals surface area contributed by atoms with Crippen LogP contribution in [0.1, 0.15) is 48.6 Å². The second-order valence-electron chi connectivity index (χ2n) is 7.30. The number of hydrogen-bond donors (Lipinski definition) is 1. The molecule has 1 heterocycles. The average molecular weight is 469 g/mol. The Labute approximate surface area is 197 Å². The second kappa shape index (κ2) is 11.5. The molecule has 8 nitrogen and oxygen atoms in total. The van der Waals surface area contributed by atoms with E-state index in [9.17, 15) is 9.59 Å². The van der Waals surface area contributed by atoms with Gasteiger partial charge in [-0.15, -0.1) is 10.2 Å². The Hall–Kier alpha value is -3.33. The van der Waals surface area contributed by atoms with Crippen LogP contribution in [0.2, 0.25) is 0 Å². The predicted octanol–water partition coefficient (Wildman–Crippen LogP) is 4.65. The fourth-order valence-electron chi connectivity index (χ4n) is 3.18. The molecule has 3 rings (SSSR count). The van der Waals surface area contributed by atoms with E-state index in [4.69, 9.17) is 9.47 Å². The van der Waals surface area contributed by atoms with Crippen LogP contribution in [-0.4, -0.2) is 39.0 Å². The van der Waals surface area contributed by atoms with Crippen molar-refractivity contribution in [2.75, 3.05) is 17.7 Å². The summed E-state index contributed by atoms with van der Waals surface area (Å²) < 4.78 is 13.0. The highest BCUT2D eigenvalue weighted by Crippen LogP contribution is 2.25. The van der Waals surface area contributed by atoms with Gasteiger partial charge in [0.1, 0.15) is 5.75 Å². The summed E-state index contributed by atoms with van der Waals surface area (Å²) >= 11 is 1.31. The molecule has 1 aromatic heterocycles. The maximum atomic E-state index is 12.4. The summed E-state index contributed by atoms with van der Waals surface area (Å²) in [6.07, 6.45) is -0.291. The van der Waals surface area contributed by atoms with E-state index < -0.39 is 0 Å². The van der Waals surface area contributed by atoms with Crippen molar-refractivity contribution in [3.63, 3.8) is 0 Å². The van der Waals surface area contributed by atoms with Gasteiger partial charge >= 0.3 is 5.97 Å². The van der Waals surface area contributed by atoms with Crippen molar-refractivity contribution in [2.45, 2.75) is 45.5 Å². The van der Waals surface area contributed by atoms with Crippen molar-refractivity contribution in [3.05, 3.63) is 65.5 Å². The van der Waals surface area contributed by atoms with Gasteiger partial charge in [-0.3, -0.25) is 4.79 Å². The van der Waals surface area contributed by atoms with Gasteiger partial charge in [-0.2, -0.15) is 0 Å². The molecule has 1 atom stereocenters. The number of carbonyl (C=O) groups is 2. The van der Waals surface area contributed by atoms with E-state index in [1.807, 2.05) is 49.6 Å². The van der Waals surface area contributed by atoms with Gasteiger partial charge in [0, 0.05) is 12.2 Å². The molecule has 0 radical (unpaired) electrons. The quantitative estimate of drug-likeness (QED) is 0.342. The molecule has 9 heteroatoms. The molecule has 3 aromatic rings. The lowest BCUT2D eigenvalue weighted by Crippen LogP contribution is -2.15. The minimum absolute atomic E-state index is 0.172. The van der Waals surface area contributed by atoms with Crippen LogP contribution in [0.15, 0.2) is 53.7 Å². The van der Waals surface area contributed by atoms with Gasteiger partial charge in [0.2, 0.25) is 5.91 Å². The van der Waals surface area contributed by atoms with Gasteiger partial charge in [0.25, 0.3) is 0 Å². The Morgan fingerprint density at radius 1 is 1.12 bits per heavy atom. The molecule has 1 unspecified atom stereocenters. The zero-order valence-corrected chi connectivity index (χ0v) is 20.0. The number of esters is 1. The highest BCUT2D eigenvalue weighted by Gasteiger charge is 2.19. The third-order valence-electron chi connectivity index (χ3n) is 4.74. The molecule has 174 valence electrons. The molecule has 0 fully saturated rings. The Kier molecular flexibility index (Phi) is 8.48. The Balaban J connectivity index is 1.58. The number of carbonyl (C=O) groups excluding carboxylic acids is 2. The molecule has 0 aliphatic rings. The van der Waals surface area contributed by atoms with Gasteiger partial charge in [0.05, 0.1) is 17.9 Å². The monoisotopic (exact) mass is 468 g/mol. The number of anilines is 1. The number of ether oxygens (including phenoxy) is 2. The standard InChI is InChI=1S/C24H28N4O4S/c1-5-28-22(17(4)32-20-9-7-8-16(3)14-20)26-27-24(28)33-15-21(29)25-19-12-10-18(11-13-19)23(30)31-6-2/h7-14,17H,5-6,15H2,1-4H3,(H,25,29). The smallest absolute Gasteiger partial charge is 0.338 e. The lowest BCUT2D eigenvalue weighted by Gasteiger charge is -2.16. The third kappa shape index (κ3) is 6.58. The largest absolute Gasteiger partial charge is 0.483 e. The summed E-state index contributed by atoms with van der Waals surface area (Å²) in [4.78, 5) is 24.1. The number of rotatable bonds is 10. The fourth-order valence-corrected chi connectivity index (χ4v) is 3.99. The van der Waals surface area contributed by atoms with E-state index in [1.54, 1.807) is 31.2 Å². The molecule has 0 aliphatic heterocycles. The molecule has 0 saturated heterocycles. The van der Waals surface area contributed by atoms with Crippen LogP contribution >= 0.6 is 11.8 Å². The Morgan fingerprint density at radius 3 is 2.55 bits per heavy atom. The topological polar surface area (TPSA) is 95.3 Å². The Bertz CT molecular complexity index is 1100. The van der Waals surface area contributed by atoms with E-state index in [0.29, 0.717) is 35.4 Å². The molecule has 0 spiro atoms. The zero-order chi connectivity index (χ0) is 23.8. The van der Waals surface area contributed by atoms with Gasteiger partial charge in [0.15, 0.2) is 17.1 Å². The minimum atomic E-state index is -0.388. The number of nitrogens with one attached hydrogen (secondary N) is 1. The van der Waals surface area contributed by atoms with Gasteiger partial charge in [-0.25, -0.2) is 4.79 Å². The number of amides is 1. The highest BCUT2D eigenvalue weighted by molar-refractivity contribution is 7.99. The molecule has 0 aliphatic carbocycles. The predicted molar refractivity (Wildman–Crippen MR) is 128 cm³/mol. The number of thioether (sulfide) groups is 1. The van der Waals surface area contributed by atoms with Crippen LogP contribution < -0.4 is 10.1 Å². The fraction of sp³-hybridized carbons (Fsp3) is 0.333. The van der Waals surface area contributed by atoms with E-state index >= 15 is 0 Å². The summed E-state index contributed by atoms with van der Waals surface area (Å²) in [7, 11) is 0. The van der Waals surface area contributed by atoms with Crippen molar-refractivity contribution in [1.82, 2.24) is 14.8 Å². The normalized spacial score (nSPS) is 11.6. The van der Waals surface area contributed by atoms with E-state index in [1.165, 1.54) is 11.8 Å².